The molecule has 20 heavy (non-hydrogen) atoms. The van der Waals surface area contributed by atoms with Gasteiger partial charge in [0, 0.05) is 15.5 Å². The van der Waals surface area contributed by atoms with Crippen molar-refractivity contribution in [2.45, 2.75) is 31.5 Å². The van der Waals surface area contributed by atoms with E-state index in [2.05, 4.69) is 30.5 Å². The van der Waals surface area contributed by atoms with Gasteiger partial charge in [-0.3, -0.25) is 5.32 Å². The van der Waals surface area contributed by atoms with Crippen LogP contribution in [0.15, 0.2) is 39.6 Å². The van der Waals surface area contributed by atoms with Crippen LogP contribution in [0.3, 0.4) is 0 Å². The van der Waals surface area contributed by atoms with E-state index in [0.717, 1.165) is 24.2 Å². The van der Waals surface area contributed by atoms with Gasteiger partial charge < -0.3 is 5.11 Å². The first-order valence-electron chi connectivity index (χ1n) is 6.60. The third kappa shape index (κ3) is 2.33. The summed E-state index contributed by atoms with van der Waals surface area (Å²) in [5.41, 5.74) is 1.17. The fourth-order valence-corrected chi connectivity index (χ4v) is 4.67. The quantitative estimate of drug-likeness (QED) is 0.881. The summed E-state index contributed by atoms with van der Waals surface area (Å²) in [7, 11) is 0. The molecule has 0 radical (unpaired) electrons. The number of thiophene rings is 1. The van der Waals surface area contributed by atoms with Crippen LogP contribution in [0.1, 0.15) is 24.6 Å². The molecule has 3 nitrogen and oxygen atoms in total. The van der Waals surface area contributed by atoms with Crippen molar-refractivity contribution in [3.05, 3.63) is 44.5 Å². The summed E-state index contributed by atoms with van der Waals surface area (Å²) in [5.74, 6) is 1.07. The van der Waals surface area contributed by atoms with E-state index < -0.39 is 6.23 Å². The molecule has 1 aromatic rings. The fourth-order valence-electron chi connectivity index (χ4n) is 2.77. The summed E-state index contributed by atoms with van der Waals surface area (Å²) >= 11 is 3.46. The van der Waals surface area contributed by atoms with Crippen molar-refractivity contribution < 1.29 is 5.11 Å². The normalized spacial score (nSPS) is 30.2. The molecule has 0 spiro atoms. The molecule has 0 aromatic carbocycles. The Kier molecular flexibility index (Phi) is 3.74. The van der Waals surface area contributed by atoms with Crippen LogP contribution in [0.2, 0.25) is 0 Å². The number of aliphatic hydroxyl groups excluding tert-OH is 1. The first-order chi connectivity index (χ1) is 9.64. The molecule has 3 rings (SSSR count). The van der Waals surface area contributed by atoms with Gasteiger partial charge >= 0.3 is 0 Å². The molecule has 2 N–H and O–H groups in total. The largest absolute Gasteiger partial charge is 0.374 e. The van der Waals surface area contributed by atoms with Crippen molar-refractivity contribution in [1.29, 1.82) is 5.26 Å². The van der Waals surface area contributed by atoms with E-state index in [9.17, 15) is 10.4 Å². The summed E-state index contributed by atoms with van der Waals surface area (Å²) in [4.78, 5) is 2.36. The lowest BCUT2D eigenvalue weighted by Gasteiger charge is -2.38. The van der Waals surface area contributed by atoms with Gasteiger partial charge in [0.25, 0.3) is 0 Å². The van der Waals surface area contributed by atoms with Gasteiger partial charge in [0.15, 0.2) is 0 Å². The Bertz CT molecular complexity index is 612. The Labute approximate surface area is 127 Å². The molecule has 2 aliphatic heterocycles. The third-order valence-corrected chi connectivity index (χ3v) is 6.07. The molecule has 5 heteroatoms. The van der Waals surface area contributed by atoms with E-state index in [0.29, 0.717) is 5.57 Å². The van der Waals surface area contributed by atoms with Crippen LogP contribution in [0, 0.1) is 11.3 Å². The molecule has 1 aromatic heterocycles. The average Bonchev–Trinajstić information content (AvgIpc) is 3.12. The zero-order valence-corrected chi connectivity index (χ0v) is 12.9. The number of thioether (sulfide) groups is 1. The number of nitriles is 1. The van der Waals surface area contributed by atoms with Gasteiger partial charge in [0.1, 0.15) is 6.23 Å². The number of nitrogens with one attached hydrogen (secondary N) is 1. The van der Waals surface area contributed by atoms with Crippen LogP contribution in [-0.2, 0) is 5.54 Å². The van der Waals surface area contributed by atoms with Gasteiger partial charge in [-0.05, 0) is 36.8 Å². The van der Waals surface area contributed by atoms with Crippen LogP contribution in [0.25, 0.3) is 0 Å². The number of rotatable bonds is 2. The highest BCUT2D eigenvalue weighted by Crippen LogP contribution is 2.43. The van der Waals surface area contributed by atoms with Crippen molar-refractivity contribution in [3.63, 3.8) is 0 Å². The predicted octanol–water partition coefficient (Wildman–Crippen LogP) is 3.12. The van der Waals surface area contributed by atoms with E-state index in [1.54, 1.807) is 23.1 Å². The SMILES string of the molecule is CC1(c2cccs2)CC(C2=CCCS2)=C(C#N)C(O)N1. The van der Waals surface area contributed by atoms with Gasteiger partial charge in [-0.25, -0.2) is 0 Å². The zero-order valence-electron chi connectivity index (χ0n) is 11.2. The maximum atomic E-state index is 10.3. The third-order valence-electron chi connectivity index (χ3n) is 3.77. The molecule has 0 bridgehead atoms. The smallest absolute Gasteiger partial charge is 0.142 e. The number of nitrogens with zero attached hydrogens (tertiary/aromatic N) is 1. The summed E-state index contributed by atoms with van der Waals surface area (Å²) in [5, 5.41) is 24.9. The topological polar surface area (TPSA) is 56.0 Å². The highest BCUT2D eigenvalue weighted by Gasteiger charge is 2.39. The number of hydrogen-bond donors (Lipinski definition) is 2. The Morgan fingerprint density at radius 2 is 2.40 bits per heavy atom. The lowest BCUT2D eigenvalue weighted by molar-refractivity contribution is 0.118. The van der Waals surface area contributed by atoms with E-state index in [1.165, 1.54) is 9.78 Å². The summed E-state index contributed by atoms with van der Waals surface area (Å²) < 4.78 is 0. The Morgan fingerprint density at radius 3 is 3.00 bits per heavy atom. The highest BCUT2D eigenvalue weighted by molar-refractivity contribution is 8.03. The maximum absolute atomic E-state index is 10.3. The summed E-state index contributed by atoms with van der Waals surface area (Å²) in [6.45, 7) is 2.09. The molecular formula is C15H16N2OS2. The lowest BCUT2D eigenvalue weighted by Crippen LogP contribution is -2.50. The van der Waals surface area contributed by atoms with Crippen LogP contribution < -0.4 is 5.32 Å². The van der Waals surface area contributed by atoms with Crippen LogP contribution >= 0.6 is 23.1 Å². The molecule has 2 unspecified atom stereocenters. The maximum Gasteiger partial charge on any atom is 0.142 e. The Balaban J connectivity index is 2.03. The first kappa shape index (κ1) is 13.9. The number of hydrogen-bond acceptors (Lipinski definition) is 5. The summed E-state index contributed by atoms with van der Waals surface area (Å²) in [6, 6.07) is 6.28. The standard InChI is InChI=1S/C15H16N2OS2/c1-15(13-5-3-7-20-13)8-10(12-4-2-6-19-12)11(9-16)14(18)17-15/h3-5,7,14,17-18H,2,6,8H2,1H3. The average molecular weight is 304 g/mol. The van der Waals surface area contributed by atoms with Crippen LogP contribution in [0.4, 0.5) is 0 Å². The van der Waals surface area contributed by atoms with Gasteiger partial charge in [-0.2, -0.15) is 5.26 Å². The van der Waals surface area contributed by atoms with Crippen LogP contribution in [0.5, 0.6) is 0 Å². The van der Waals surface area contributed by atoms with Gasteiger partial charge in [0.05, 0.1) is 17.2 Å². The molecule has 3 heterocycles. The summed E-state index contributed by atoms with van der Waals surface area (Å²) in [6.07, 6.45) is 3.08. The molecule has 0 saturated carbocycles. The monoisotopic (exact) mass is 304 g/mol. The van der Waals surface area contributed by atoms with Crippen molar-refractivity contribution in [2.75, 3.05) is 5.75 Å². The van der Waals surface area contributed by atoms with Crippen molar-refractivity contribution in [3.8, 4) is 6.07 Å². The molecule has 0 aliphatic carbocycles. The lowest BCUT2D eigenvalue weighted by atomic mass is 9.84. The van der Waals surface area contributed by atoms with Gasteiger partial charge in [0.2, 0.25) is 0 Å². The van der Waals surface area contributed by atoms with E-state index in [1.807, 2.05) is 11.4 Å². The Hall–Kier alpha value is -1.06. The molecule has 2 atom stereocenters. The van der Waals surface area contributed by atoms with Crippen molar-refractivity contribution in [2.24, 2.45) is 0 Å². The molecule has 0 amide bonds. The number of allylic oxidation sites excluding steroid dienone is 2. The highest BCUT2D eigenvalue weighted by atomic mass is 32.2. The van der Waals surface area contributed by atoms with Crippen LogP contribution in [-0.4, -0.2) is 17.1 Å². The van der Waals surface area contributed by atoms with Gasteiger partial charge in [-0.1, -0.05) is 12.1 Å². The second kappa shape index (κ2) is 5.38. The minimum atomic E-state index is -0.891. The molecule has 0 saturated heterocycles. The molecule has 104 valence electrons. The second-order valence-electron chi connectivity index (χ2n) is 5.24. The van der Waals surface area contributed by atoms with E-state index >= 15 is 0 Å². The zero-order chi connectivity index (χ0) is 14.2. The minimum Gasteiger partial charge on any atom is -0.374 e. The second-order valence-corrected chi connectivity index (χ2v) is 7.33. The van der Waals surface area contributed by atoms with Crippen molar-refractivity contribution >= 4 is 23.1 Å². The minimum absolute atomic E-state index is 0.312. The fraction of sp³-hybridized carbons (Fsp3) is 0.400. The number of aliphatic hydroxyl groups is 1. The first-order valence-corrected chi connectivity index (χ1v) is 8.47. The Morgan fingerprint density at radius 1 is 1.55 bits per heavy atom. The molecule has 0 fully saturated rings. The molecular weight excluding hydrogens is 288 g/mol. The molecule has 2 aliphatic rings. The van der Waals surface area contributed by atoms with Gasteiger partial charge in [-0.15, -0.1) is 23.1 Å². The van der Waals surface area contributed by atoms with Crippen molar-refractivity contribution in [1.82, 2.24) is 5.32 Å². The predicted molar refractivity (Wildman–Crippen MR) is 83.2 cm³/mol. The van der Waals surface area contributed by atoms with E-state index in [4.69, 9.17) is 0 Å². The van der Waals surface area contributed by atoms with E-state index in [-0.39, 0.29) is 5.54 Å².